The lowest BCUT2D eigenvalue weighted by molar-refractivity contribution is -0.195. The number of halogens is 3. The number of hydrogen-bond acceptors (Lipinski definition) is 8. The van der Waals surface area contributed by atoms with Crippen LogP contribution in [0.1, 0.15) is 16.6 Å². The number of fused-ring (bicyclic) bond motifs is 3. The van der Waals surface area contributed by atoms with E-state index in [1.165, 1.54) is 17.2 Å². The Morgan fingerprint density at radius 1 is 1.20 bits per heavy atom. The van der Waals surface area contributed by atoms with Crippen molar-refractivity contribution in [2.24, 2.45) is 5.92 Å². The van der Waals surface area contributed by atoms with Gasteiger partial charge in [0.1, 0.15) is 18.2 Å². The Hall–Kier alpha value is -3.62. The Labute approximate surface area is 195 Å². The summed E-state index contributed by atoms with van der Waals surface area (Å²) >= 11 is 0. The molecule has 0 spiro atoms. The molecule has 2 aromatic heterocycles. The van der Waals surface area contributed by atoms with Crippen LogP contribution >= 0.6 is 0 Å². The molecule has 2 saturated heterocycles. The van der Waals surface area contributed by atoms with Crippen LogP contribution in [0.2, 0.25) is 0 Å². The number of benzene rings is 1. The molecule has 0 radical (unpaired) electrons. The van der Waals surface area contributed by atoms with Crippen molar-refractivity contribution in [3.05, 3.63) is 48.5 Å². The maximum atomic E-state index is 13.1. The van der Waals surface area contributed by atoms with Gasteiger partial charge in [-0.2, -0.15) is 13.2 Å². The number of rotatable bonds is 4. The van der Waals surface area contributed by atoms with E-state index in [1.54, 1.807) is 30.3 Å². The second kappa shape index (κ2) is 8.25. The van der Waals surface area contributed by atoms with Crippen molar-refractivity contribution < 1.29 is 37.7 Å². The number of aromatic nitrogens is 4. The average Bonchev–Trinajstić information content (AvgIpc) is 3.32. The van der Waals surface area contributed by atoms with E-state index in [0.717, 1.165) is 0 Å². The summed E-state index contributed by atoms with van der Waals surface area (Å²) in [6.07, 6.45) is -5.11. The molecule has 0 saturated carbocycles. The molecule has 1 aromatic carbocycles. The topological polar surface area (TPSA) is 143 Å². The van der Waals surface area contributed by atoms with Gasteiger partial charge in [0.2, 0.25) is 0 Å². The van der Waals surface area contributed by atoms with Crippen LogP contribution in [-0.2, 0) is 9.53 Å². The third kappa shape index (κ3) is 3.79. The molecular weight excluding hydrogens is 473 g/mol. The highest BCUT2D eigenvalue weighted by molar-refractivity contribution is 6.06. The van der Waals surface area contributed by atoms with Crippen molar-refractivity contribution >= 4 is 28.8 Å². The molecule has 2 aliphatic rings. The average molecular weight is 492 g/mol. The molecule has 2 aliphatic heterocycles. The third-order valence-electron chi connectivity index (χ3n) is 6.25. The van der Waals surface area contributed by atoms with Crippen molar-refractivity contribution in [1.29, 1.82) is 0 Å². The number of likely N-dealkylation sites (tertiary alicyclic amines) is 1. The number of hydrogen-bond donors (Lipinski definition) is 3. The number of nitrogens with zero attached hydrogens (tertiary/aromatic N) is 5. The minimum absolute atomic E-state index is 0.0925. The van der Waals surface area contributed by atoms with Crippen molar-refractivity contribution in [3.63, 3.8) is 0 Å². The largest absolute Gasteiger partial charge is 0.471 e. The number of piperidine rings is 1. The molecule has 5 rings (SSSR count). The molecule has 4 heterocycles. The predicted molar refractivity (Wildman–Crippen MR) is 112 cm³/mol. The number of imidazole rings is 1. The smallest absolute Gasteiger partial charge is 0.393 e. The number of anilines is 1. The molecule has 35 heavy (non-hydrogen) atoms. The summed E-state index contributed by atoms with van der Waals surface area (Å²) in [6.45, 7) is -1.92. The van der Waals surface area contributed by atoms with E-state index in [0.29, 0.717) is 10.5 Å². The van der Waals surface area contributed by atoms with E-state index in [2.05, 4.69) is 20.3 Å². The fraction of sp³-hybridized carbons (Fsp3) is 0.381. The van der Waals surface area contributed by atoms with Gasteiger partial charge in [0.15, 0.2) is 17.0 Å². The van der Waals surface area contributed by atoms with Gasteiger partial charge in [-0.1, -0.05) is 18.2 Å². The SMILES string of the molecule is O=C(Nc1ncnc2c1ncn2[C@@H]1O[C@@]2(CO)CN(C(=O)C(F)(F)F)C[C@@H]1[C@@H]2O)c1ccccc1. The lowest BCUT2D eigenvalue weighted by atomic mass is 9.85. The lowest BCUT2D eigenvalue weighted by Crippen LogP contribution is -2.61. The van der Waals surface area contributed by atoms with Crippen LogP contribution in [0.3, 0.4) is 0 Å². The first-order chi connectivity index (χ1) is 16.6. The molecule has 0 unspecified atom stereocenters. The van der Waals surface area contributed by atoms with Gasteiger partial charge in [-0.25, -0.2) is 15.0 Å². The van der Waals surface area contributed by atoms with Gasteiger partial charge in [0, 0.05) is 12.1 Å². The van der Waals surface area contributed by atoms with E-state index in [-0.39, 0.29) is 17.0 Å². The maximum absolute atomic E-state index is 13.1. The molecule has 3 N–H and O–H groups in total. The molecule has 2 amide bonds. The Bertz CT molecular complexity index is 1290. The van der Waals surface area contributed by atoms with E-state index >= 15 is 0 Å². The third-order valence-corrected chi connectivity index (χ3v) is 6.25. The zero-order valence-electron chi connectivity index (χ0n) is 17.9. The highest BCUT2D eigenvalue weighted by Crippen LogP contribution is 2.47. The molecule has 4 atom stereocenters. The molecule has 2 fully saturated rings. The minimum Gasteiger partial charge on any atom is -0.393 e. The number of ether oxygens (including phenoxy) is 1. The summed E-state index contributed by atoms with van der Waals surface area (Å²) in [7, 11) is 0. The Balaban J connectivity index is 1.47. The van der Waals surface area contributed by atoms with Gasteiger partial charge < -0.3 is 25.2 Å². The van der Waals surface area contributed by atoms with Crippen LogP contribution in [0.4, 0.5) is 19.0 Å². The van der Waals surface area contributed by atoms with Crippen LogP contribution in [-0.4, -0.2) is 84.0 Å². The van der Waals surface area contributed by atoms with Crippen molar-refractivity contribution in [2.45, 2.75) is 24.1 Å². The summed E-state index contributed by atoms with van der Waals surface area (Å²) in [5.41, 5.74) is -1.08. The second-order valence-electron chi connectivity index (χ2n) is 8.39. The number of aliphatic hydroxyl groups is 2. The Morgan fingerprint density at radius 3 is 2.63 bits per heavy atom. The summed E-state index contributed by atoms with van der Waals surface area (Å²) in [5.74, 6) is -3.45. The number of amides is 2. The zero-order chi connectivity index (χ0) is 25.0. The molecule has 11 nitrogen and oxygen atoms in total. The Kier molecular flexibility index (Phi) is 5.45. The lowest BCUT2D eigenvalue weighted by Gasteiger charge is -2.40. The van der Waals surface area contributed by atoms with Gasteiger partial charge in [-0.05, 0) is 12.1 Å². The van der Waals surface area contributed by atoms with Crippen LogP contribution in [0.15, 0.2) is 43.0 Å². The van der Waals surface area contributed by atoms with Gasteiger partial charge >= 0.3 is 12.1 Å². The number of carbonyl (C=O) groups is 2. The van der Waals surface area contributed by atoms with Crippen molar-refractivity contribution in [2.75, 3.05) is 25.0 Å². The quantitative estimate of drug-likeness (QED) is 0.484. The molecule has 2 bridgehead atoms. The second-order valence-corrected chi connectivity index (χ2v) is 8.39. The van der Waals surface area contributed by atoms with Crippen LogP contribution in [0.25, 0.3) is 11.2 Å². The fourth-order valence-electron chi connectivity index (χ4n) is 4.58. The van der Waals surface area contributed by atoms with Crippen LogP contribution in [0, 0.1) is 5.92 Å². The predicted octanol–water partition coefficient (Wildman–Crippen LogP) is 0.720. The van der Waals surface area contributed by atoms with Gasteiger partial charge in [-0.15, -0.1) is 0 Å². The highest BCUT2D eigenvalue weighted by Gasteiger charge is 2.61. The number of nitrogens with one attached hydrogen (secondary N) is 1. The zero-order valence-corrected chi connectivity index (χ0v) is 17.9. The molecule has 14 heteroatoms. The van der Waals surface area contributed by atoms with E-state index in [4.69, 9.17) is 4.74 Å². The standard InChI is InChI=1S/C21H19F3N6O5/c22-21(23,24)19(34)29-6-12-14(32)20(7-29,8-31)35-18(12)30-10-27-13-15(25-9-26-16(13)30)28-17(33)11-4-2-1-3-5-11/h1-5,9-10,12,14,18,31-32H,6-8H2,(H,25,26,28,33)/t12-,14+,18-,20-/m1/s1. The van der Waals surface area contributed by atoms with Crippen LogP contribution in [0.5, 0.6) is 0 Å². The van der Waals surface area contributed by atoms with Gasteiger partial charge in [0.25, 0.3) is 5.91 Å². The summed E-state index contributed by atoms with van der Waals surface area (Å²) in [5, 5.41) is 23.3. The molecular formula is C21H19F3N6O5. The summed E-state index contributed by atoms with van der Waals surface area (Å²) in [6, 6.07) is 8.38. The first-order valence-electron chi connectivity index (χ1n) is 10.5. The van der Waals surface area contributed by atoms with Crippen molar-refractivity contribution in [3.8, 4) is 0 Å². The van der Waals surface area contributed by atoms with Crippen LogP contribution < -0.4 is 5.32 Å². The fourth-order valence-corrected chi connectivity index (χ4v) is 4.58. The number of carbonyl (C=O) groups excluding carboxylic acids is 2. The number of aliphatic hydroxyl groups excluding tert-OH is 2. The summed E-state index contributed by atoms with van der Waals surface area (Å²) < 4.78 is 46.4. The first kappa shape index (κ1) is 23.1. The molecule has 184 valence electrons. The van der Waals surface area contributed by atoms with Crippen molar-refractivity contribution in [1.82, 2.24) is 24.4 Å². The Morgan fingerprint density at radius 2 is 1.94 bits per heavy atom. The van der Waals surface area contributed by atoms with E-state index in [1.807, 2.05) is 0 Å². The molecule has 3 aromatic rings. The number of alkyl halides is 3. The highest BCUT2D eigenvalue weighted by atomic mass is 19.4. The summed E-state index contributed by atoms with van der Waals surface area (Å²) in [4.78, 5) is 37.4. The first-order valence-corrected chi connectivity index (χ1v) is 10.5. The van der Waals surface area contributed by atoms with Gasteiger partial charge in [-0.3, -0.25) is 14.2 Å². The van der Waals surface area contributed by atoms with Gasteiger partial charge in [0.05, 0.1) is 31.5 Å². The van der Waals surface area contributed by atoms with E-state index in [9.17, 15) is 33.0 Å². The minimum atomic E-state index is -5.12. The normalized spacial score (nSPS) is 26.2. The monoisotopic (exact) mass is 492 g/mol. The van der Waals surface area contributed by atoms with E-state index < -0.39 is 61.5 Å². The molecule has 0 aliphatic carbocycles. The maximum Gasteiger partial charge on any atom is 0.471 e.